The van der Waals surface area contributed by atoms with E-state index in [-0.39, 0.29) is 0 Å². The molecule has 0 saturated carbocycles. The highest BCUT2D eigenvalue weighted by Crippen LogP contribution is 2.24. The van der Waals surface area contributed by atoms with Crippen molar-refractivity contribution in [1.29, 1.82) is 0 Å². The van der Waals surface area contributed by atoms with Gasteiger partial charge in [0, 0.05) is 19.8 Å². The number of nitrogens with one attached hydrogen (secondary N) is 1. The third kappa shape index (κ3) is 2.59. The molecule has 0 aliphatic carbocycles. The van der Waals surface area contributed by atoms with Crippen molar-refractivity contribution < 1.29 is 0 Å². The monoisotopic (exact) mass is 296 g/mol. The fraction of sp³-hybridized carbons (Fsp3) is 0.312. The molecule has 0 bridgehead atoms. The molecule has 0 fully saturated rings. The van der Waals surface area contributed by atoms with Crippen molar-refractivity contribution in [2.45, 2.75) is 20.4 Å². The molecule has 114 valence electrons. The summed E-state index contributed by atoms with van der Waals surface area (Å²) in [7, 11) is 3.95. The predicted molar refractivity (Wildman–Crippen MR) is 86.9 cm³/mol. The first kappa shape index (κ1) is 14.3. The van der Waals surface area contributed by atoms with Crippen LogP contribution in [-0.4, -0.2) is 39.1 Å². The quantitative estimate of drug-likeness (QED) is 0.803. The molecule has 1 aromatic carbocycles. The number of H-pyrrole nitrogens is 1. The second-order valence-corrected chi connectivity index (χ2v) is 5.58. The van der Waals surface area contributed by atoms with Crippen LogP contribution in [0.25, 0.3) is 11.4 Å². The van der Waals surface area contributed by atoms with Crippen molar-refractivity contribution in [1.82, 2.24) is 25.0 Å². The molecule has 3 rings (SSSR count). The van der Waals surface area contributed by atoms with Gasteiger partial charge in [-0.05, 0) is 19.4 Å². The van der Waals surface area contributed by atoms with Gasteiger partial charge in [-0.3, -0.25) is 5.10 Å². The predicted octanol–water partition coefficient (Wildman–Crippen LogP) is 2.40. The van der Waals surface area contributed by atoms with Crippen LogP contribution >= 0.6 is 0 Å². The minimum absolute atomic E-state index is 0.692. The van der Waals surface area contributed by atoms with Crippen LogP contribution in [0.15, 0.2) is 30.3 Å². The Morgan fingerprint density at radius 3 is 2.45 bits per heavy atom. The summed E-state index contributed by atoms with van der Waals surface area (Å²) in [5, 5.41) is 11.9. The van der Waals surface area contributed by atoms with Gasteiger partial charge in [-0.15, -0.1) is 5.10 Å². The summed E-state index contributed by atoms with van der Waals surface area (Å²) >= 11 is 0. The van der Waals surface area contributed by atoms with Crippen LogP contribution in [-0.2, 0) is 6.54 Å². The lowest BCUT2D eigenvalue weighted by Gasteiger charge is -2.12. The summed E-state index contributed by atoms with van der Waals surface area (Å²) in [6, 6.07) is 10.3. The van der Waals surface area contributed by atoms with Crippen LogP contribution < -0.4 is 4.90 Å². The minimum Gasteiger partial charge on any atom is -0.347 e. The molecule has 6 heteroatoms. The third-order valence-corrected chi connectivity index (χ3v) is 3.58. The van der Waals surface area contributed by atoms with Crippen LogP contribution in [0, 0.1) is 13.8 Å². The molecule has 0 atom stereocenters. The minimum atomic E-state index is 0.692. The van der Waals surface area contributed by atoms with Gasteiger partial charge in [-0.1, -0.05) is 30.3 Å². The Hall–Kier alpha value is -2.63. The molecule has 2 heterocycles. The molecule has 0 aliphatic rings. The number of aromatic amines is 1. The summed E-state index contributed by atoms with van der Waals surface area (Å²) in [4.78, 5) is 6.66. The van der Waals surface area contributed by atoms with Gasteiger partial charge in [-0.25, -0.2) is 4.68 Å². The second-order valence-electron chi connectivity index (χ2n) is 5.58. The van der Waals surface area contributed by atoms with E-state index in [1.54, 1.807) is 0 Å². The molecule has 0 aliphatic heterocycles. The van der Waals surface area contributed by atoms with Gasteiger partial charge in [-0.2, -0.15) is 10.1 Å². The van der Waals surface area contributed by atoms with E-state index in [0.29, 0.717) is 12.4 Å². The molecule has 0 saturated heterocycles. The third-order valence-electron chi connectivity index (χ3n) is 3.58. The van der Waals surface area contributed by atoms with Gasteiger partial charge < -0.3 is 4.90 Å². The molecule has 0 radical (unpaired) electrons. The number of hydrogen-bond donors (Lipinski definition) is 1. The highest BCUT2D eigenvalue weighted by Gasteiger charge is 2.18. The second kappa shape index (κ2) is 5.63. The Morgan fingerprint density at radius 2 is 1.86 bits per heavy atom. The van der Waals surface area contributed by atoms with E-state index in [0.717, 1.165) is 22.9 Å². The zero-order valence-electron chi connectivity index (χ0n) is 13.3. The zero-order chi connectivity index (χ0) is 15.7. The van der Waals surface area contributed by atoms with Crippen LogP contribution in [0.4, 0.5) is 5.95 Å². The summed E-state index contributed by atoms with van der Waals surface area (Å²) in [5.74, 6) is 1.54. The average Bonchev–Trinajstić information content (AvgIpc) is 3.04. The molecule has 2 aromatic heterocycles. The first-order chi connectivity index (χ1) is 10.6. The fourth-order valence-corrected chi connectivity index (χ4v) is 2.51. The maximum absolute atomic E-state index is 4.69. The molecule has 22 heavy (non-hydrogen) atoms. The van der Waals surface area contributed by atoms with Gasteiger partial charge in [0.1, 0.15) is 0 Å². The van der Waals surface area contributed by atoms with Gasteiger partial charge in [0.25, 0.3) is 0 Å². The first-order valence-corrected chi connectivity index (χ1v) is 7.24. The Morgan fingerprint density at radius 1 is 1.14 bits per heavy atom. The SMILES string of the molecule is Cc1n[nH]c(C)c1-c1nc(N(C)C)n(Cc2ccccc2)n1. The molecule has 0 amide bonds. The molecule has 6 nitrogen and oxygen atoms in total. The van der Waals surface area contributed by atoms with Gasteiger partial charge in [0.2, 0.25) is 5.95 Å². The molecular formula is C16H20N6. The van der Waals surface area contributed by atoms with E-state index in [1.165, 1.54) is 5.56 Å². The number of rotatable bonds is 4. The van der Waals surface area contributed by atoms with Crippen molar-refractivity contribution in [3.05, 3.63) is 47.3 Å². The Bertz CT molecular complexity index is 750. The van der Waals surface area contributed by atoms with Crippen molar-refractivity contribution in [3.63, 3.8) is 0 Å². The Labute approximate surface area is 129 Å². The lowest BCUT2D eigenvalue weighted by atomic mass is 10.2. The number of hydrogen-bond acceptors (Lipinski definition) is 4. The van der Waals surface area contributed by atoms with E-state index in [2.05, 4.69) is 27.3 Å². The molecular weight excluding hydrogens is 276 g/mol. The van der Waals surface area contributed by atoms with E-state index in [1.807, 2.05) is 55.7 Å². The van der Waals surface area contributed by atoms with Gasteiger partial charge in [0.15, 0.2) is 5.82 Å². The highest BCUT2D eigenvalue weighted by atomic mass is 15.4. The van der Waals surface area contributed by atoms with E-state index in [4.69, 9.17) is 5.10 Å². The van der Waals surface area contributed by atoms with E-state index in [9.17, 15) is 0 Å². The van der Waals surface area contributed by atoms with Crippen LogP contribution in [0.5, 0.6) is 0 Å². The first-order valence-electron chi connectivity index (χ1n) is 7.24. The van der Waals surface area contributed by atoms with Crippen molar-refractivity contribution in [2.75, 3.05) is 19.0 Å². The number of nitrogens with zero attached hydrogens (tertiary/aromatic N) is 5. The van der Waals surface area contributed by atoms with Crippen LogP contribution in [0.3, 0.4) is 0 Å². The summed E-state index contributed by atoms with van der Waals surface area (Å²) < 4.78 is 1.93. The van der Waals surface area contributed by atoms with Crippen molar-refractivity contribution in [3.8, 4) is 11.4 Å². The standard InChI is InChI=1S/C16H20N6/c1-11-14(12(2)19-18-11)15-17-16(21(3)4)22(20-15)10-13-8-6-5-7-9-13/h5-9H,10H2,1-4H3,(H,18,19). The number of benzene rings is 1. The maximum Gasteiger partial charge on any atom is 0.224 e. The molecule has 1 N–H and O–H groups in total. The van der Waals surface area contributed by atoms with E-state index >= 15 is 0 Å². The Balaban J connectivity index is 2.03. The maximum atomic E-state index is 4.69. The van der Waals surface area contributed by atoms with Gasteiger partial charge >= 0.3 is 0 Å². The summed E-state index contributed by atoms with van der Waals surface area (Å²) in [6.45, 7) is 4.64. The summed E-state index contributed by atoms with van der Waals surface area (Å²) in [5.41, 5.74) is 4.08. The van der Waals surface area contributed by atoms with Crippen molar-refractivity contribution in [2.24, 2.45) is 0 Å². The molecule has 0 spiro atoms. The molecule has 3 aromatic rings. The highest BCUT2D eigenvalue weighted by molar-refractivity contribution is 5.62. The average molecular weight is 296 g/mol. The Kier molecular flexibility index (Phi) is 3.66. The smallest absolute Gasteiger partial charge is 0.224 e. The van der Waals surface area contributed by atoms with Crippen LogP contribution in [0.2, 0.25) is 0 Å². The number of anilines is 1. The normalized spacial score (nSPS) is 10.9. The zero-order valence-corrected chi connectivity index (χ0v) is 13.3. The largest absolute Gasteiger partial charge is 0.347 e. The fourth-order valence-electron chi connectivity index (χ4n) is 2.51. The van der Waals surface area contributed by atoms with Crippen LogP contribution in [0.1, 0.15) is 17.0 Å². The number of aromatic nitrogens is 5. The lowest BCUT2D eigenvalue weighted by Crippen LogP contribution is -2.16. The van der Waals surface area contributed by atoms with Crippen molar-refractivity contribution >= 4 is 5.95 Å². The molecule has 0 unspecified atom stereocenters. The van der Waals surface area contributed by atoms with Gasteiger partial charge in [0.05, 0.1) is 17.8 Å². The number of aryl methyl sites for hydroxylation is 2. The topological polar surface area (TPSA) is 62.6 Å². The van der Waals surface area contributed by atoms with E-state index < -0.39 is 0 Å². The summed E-state index contributed by atoms with van der Waals surface area (Å²) in [6.07, 6.45) is 0. The lowest BCUT2D eigenvalue weighted by molar-refractivity contribution is 0.679.